The van der Waals surface area contributed by atoms with Crippen LogP contribution >= 0.6 is 0 Å². The predicted molar refractivity (Wildman–Crippen MR) is 87.6 cm³/mol. The molecule has 1 nitrogen and oxygen atoms in total. The Kier molecular flexibility index (Phi) is 7.00. The number of hydrogen-bond acceptors (Lipinski definition) is 1. The summed E-state index contributed by atoms with van der Waals surface area (Å²) >= 11 is 0. The fraction of sp³-hybridized carbons (Fsp3) is 0.421. The quantitative estimate of drug-likeness (QED) is 0.375. The molecule has 1 aliphatic carbocycles. The van der Waals surface area contributed by atoms with E-state index in [1.807, 2.05) is 19.1 Å². The summed E-state index contributed by atoms with van der Waals surface area (Å²) < 4.78 is 0. The van der Waals surface area contributed by atoms with Crippen LogP contribution in [0.15, 0.2) is 58.7 Å². The lowest BCUT2D eigenvalue weighted by molar-refractivity contribution is -0.104. The van der Waals surface area contributed by atoms with Gasteiger partial charge in [0.25, 0.3) is 0 Å². The van der Waals surface area contributed by atoms with Crippen molar-refractivity contribution in [1.82, 2.24) is 0 Å². The van der Waals surface area contributed by atoms with Gasteiger partial charge in [0.05, 0.1) is 0 Å². The average molecular weight is 270 g/mol. The minimum Gasteiger partial charge on any atom is -0.299 e. The molecule has 1 unspecified atom stereocenters. The van der Waals surface area contributed by atoms with Crippen molar-refractivity contribution in [3.8, 4) is 0 Å². The van der Waals surface area contributed by atoms with Crippen LogP contribution in [-0.4, -0.2) is 6.29 Å². The third kappa shape index (κ3) is 5.56. The summed E-state index contributed by atoms with van der Waals surface area (Å²) in [4.78, 5) is 10.3. The summed E-state index contributed by atoms with van der Waals surface area (Å²) in [6, 6.07) is 0. The lowest BCUT2D eigenvalue weighted by Gasteiger charge is -2.22. The number of rotatable bonds is 5. The maximum Gasteiger partial charge on any atom is 0.143 e. The molecular weight excluding hydrogens is 244 g/mol. The Morgan fingerprint density at radius 3 is 2.50 bits per heavy atom. The van der Waals surface area contributed by atoms with Crippen LogP contribution in [0.1, 0.15) is 47.0 Å². The Hall–Kier alpha value is -1.63. The van der Waals surface area contributed by atoms with Gasteiger partial charge in [-0.05, 0) is 63.2 Å². The zero-order chi connectivity index (χ0) is 15.0. The van der Waals surface area contributed by atoms with Crippen molar-refractivity contribution < 1.29 is 4.79 Å². The topological polar surface area (TPSA) is 17.1 Å². The Morgan fingerprint density at radius 2 is 1.85 bits per heavy atom. The molecule has 0 saturated carbocycles. The van der Waals surface area contributed by atoms with Gasteiger partial charge in [-0.3, -0.25) is 4.79 Å². The maximum atomic E-state index is 10.3. The second kappa shape index (κ2) is 8.52. The predicted octanol–water partition coefficient (Wildman–Crippen LogP) is 5.33. The normalized spacial score (nSPS) is 22.1. The van der Waals surface area contributed by atoms with E-state index in [9.17, 15) is 4.79 Å². The molecule has 0 fully saturated rings. The molecule has 0 spiro atoms. The van der Waals surface area contributed by atoms with Crippen LogP contribution < -0.4 is 0 Å². The molecule has 1 rings (SSSR count). The van der Waals surface area contributed by atoms with Crippen LogP contribution in [-0.2, 0) is 4.79 Å². The molecule has 0 N–H and O–H groups in total. The minimum atomic E-state index is 0.682. The van der Waals surface area contributed by atoms with Crippen molar-refractivity contribution in [1.29, 1.82) is 0 Å². The van der Waals surface area contributed by atoms with Crippen LogP contribution in [0.2, 0.25) is 0 Å². The summed E-state index contributed by atoms with van der Waals surface area (Å²) in [6.07, 6.45) is 16.7. The van der Waals surface area contributed by atoms with Crippen LogP contribution in [0.4, 0.5) is 0 Å². The van der Waals surface area contributed by atoms with Gasteiger partial charge in [0.15, 0.2) is 0 Å². The van der Waals surface area contributed by atoms with Crippen molar-refractivity contribution in [3.05, 3.63) is 58.7 Å². The number of aldehydes is 1. The van der Waals surface area contributed by atoms with Gasteiger partial charge in [0.2, 0.25) is 0 Å². The molecule has 108 valence electrons. The highest BCUT2D eigenvalue weighted by Gasteiger charge is 2.14. The molecule has 0 aliphatic heterocycles. The molecular formula is C19H26O. The fourth-order valence-electron chi connectivity index (χ4n) is 2.49. The highest BCUT2D eigenvalue weighted by molar-refractivity contribution is 5.66. The van der Waals surface area contributed by atoms with Crippen LogP contribution in [0, 0.1) is 5.92 Å². The summed E-state index contributed by atoms with van der Waals surface area (Å²) in [5.74, 6) is 0.682. The monoisotopic (exact) mass is 270 g/mol. The largest absolute Gasteiger partial charge is 0.299 e. The van der Waals surface area contributed by atoms with Crippen molar-refractivity contribution in [3.63, 3.8) is 0 Å². The number of carbonyl (C=O) groups excluding carboxylic acids is 1. The molecule has 0 aromatic heterocycles. The van der Waals surface area contributed by atoms with E-state index >= 15 is 0 Å². The van der Waals surface area contributed by atoms with Gasteiger partial charge in [-0.2, -0.15) is 0 Å². The van der Waals surface area contributed by atoms with Gasteiger partial charge in [0, 0.05) is 0 Å². The first-order valence-corrected chi connectivity index (χ1v) is 7.39. The van der Waals surface area contributed by atoms with E-state index in [-0.39, 0.29) is 0 Å². The van der Waals surface area contributed by atoms with Gasteiger partial charge in [-0.15, -0.1) is 0 Å². The van der Waals surface area contributed by atoms with Crippen LogP contribution in [0.3, 0.4) is 0 Å². The van der Waals surface area contributed by atoms with Gasteiger partial charge in [-0.25, -0.2) is 0 Å². The molecule has 0 heterocycles. The molecule has 1 aliphatic rings. The molecule has 0 amide bonds. The van der Waals surface area contributed by atoms with E-state index in [1.54, 1.807) is 6.08 Å². The fourth-order valence-corrected chi connectivity index (χ4v) is 2.49. The molecule has 20 heavy (non-hydrogen) atoms. The van der Waals surface area contributed by atoms with E-state index in [4.69, 9.17) is 0 Å². The van der Waals surface area contributed by atoms with Gasteiger partial charge >= 0.3 is 0 Å². The smallest absolute Gasteiger partial charge is 0.143 e. The maximum absolute atomic E-state index is 10.3. The second-order valence-electron chi connectivity index (χ2n) is 5.68. The standard InChI is InChI=1S/C19H26O/c1-15(7-5-8-16(2)13-14-20)11-12-19-17(3)9-6-10-18(19)4/h5,7-8,11-14,17H,6,9-10H2,1-4H3. The molecule has 0 saturated heterocycles. The van der Waals surface area contributed by atoms with Gasteiger partial charge < -0.3 is 0 Å². The Bertz CT molecular complexity index is 484. The van der Waals surface area contributed by atoms with E-state index < -0.39 is 0 Å². The Labute approximate surface area is 123 Å². The van der Waals surface area contributed by atoms with Gasteiger partial charge in [-0.1, -0.05) is 48.5 Å². The number of hydrogen-bond donors (Lipinski definition) is 0. The van der Waals surface area contributed by atoms with E-state index in [1.165, 1.54) is 36.0 Å². The zero-order valence-corrected chi connectivity index (χ0v) is 13.1. The van der Waals surface area contributed by atoms with Crippen molar-refractivity contribution in [2.75, 3.05) is 0 Å². The van der Waals surface area contributed by atoms with Crippen LogP contribution in [0.25, 0.3) is 0 Å². The van der Waals surface area contributed by atoms with Crippen LogP contribution in [0.5, 0.6) is 0 Å². The minimum absolute atomic E-state index is 0.682. The Morgan fingerprint density at radius 1 is 1.15 bits per heavy atom. The first-order valence-electron chi connectivity index (χ1n) is 7.39. The second-order valence-corrected chi connectivity index (χ2v) is 5.68. The first-order chi connectivity index (χ1) is 9.54. The summed E-state index contributed by atoms with van der Waals surface area (Å²) in [6.45, 7) is 8.58. The Balaban J connectivity index is 2.70. The SMILES string of the molecule is CC(C=CC=C(C)C=CC1=C(C)CCCC1C)=CC=O. The molecule has 1 atom stereocenters. The molecule has 0 aromatic rings. The third-order valence-electron chi connectivity index (χ3n) is 3.79. The highest BCUT2D eigenvalue weighted by atomic mass is 16.1. The molecule has 0 bridgehead atoms. The highest BCUT2D eigenvalue weighted by Crippen LogP contribution is 2.30. The third-order valence-corrected chi connectivity index (χ3v) is 3.79. The van der Waals surface area contributed by atoms with E-state index in [0.717, 1.165) is 11.9 Å². The summed E-state index contributed by atoms with van der Waals surface area (Å²) in [5, 5.41) is 0. The van der Waals surface area contributed by atoms with Crippen molar-refractivity contribution >= 4 is 6.29 Å². The summed E-state index contributed by atoms with van der Waals surface area (Å²) in [7, 11) is 0. The molecule has 0 aromatic carbocycles. The van der Waals surface area contributed by atoms with E-state index in [0.29, 0.717) is 5.92 Å². The van der Waals surface area contributed by atoms with E-state index in [2.05, 4.69) is 39.0 Å². The molecule has 1 heteroatoms. The summed E-state index contributed by atoms with van der Waals surface area (Å²) in [5.41, 5.74) is 5.23. The van der Waals surface area contributed by atoms with Gasteiger partial charge in [0.1, 0.15) is 6.29 Å². The average Bonchev–Trinajstić information content (AvgIpc) is 2.38. The zero-order valence-electron chi connectivity index (χ0n) is 13.1. The lowest BCUT2D eigenvalue weighted by atomic mass is 9.84. The first kappa shape index (κ1) is 16.4. The van der Waals surface area contributed by atoms with Crippen molar-refractivity contribution in [2.45, 2.75) is 47.0 Å². The lowest BCUT2D eigenvalue weighted by Crippen LogP contribution is -2.06. The number of allylic oxidation sites excluding steroid dienone is 10. The molecule has 0 radical (unpaired) electrons. The van der Waals surface area contributed by atoms with Crippen molar-refractivity contribution in [2.24, 2.45) is 5.92 Å². The number of carbonyl (C=O) groups is 1.